The third kappa shape index (κ3) is 5.61. The Hall–Kier alpha value is -2.58. The minimum absolute atomic E-state index is 0.0395. The number of amides is 1. The van der Waals surface area contributed by atoms with Crippen LogP contribution in [0.2, 0.25) is 0 Å². The van der Waals surface area contributed by atoms with Crippen LogP contribution in [0, 0.1) is 5.92 Å². The maximum atomic E-state index is 12.6. The van der Waals surface area contributed by atoms with E-state index in [1.165, 1.54) is 0 Å². The van der Waals surface area contributed by atoms with E-state index in [-0.39, 0.29) is 11.5 Å². The Bertz CT molecular complexity index is 971. The molecule has 0 radical (unpaired) electrons. The number of β-amino-alcohol motifs (C(OH)–C–C–N with tert-alkyl or cyclic N) is 1. The first-order chi connectivity index (χ1) is 15.4. The highest BCUT2D eigenvalue weighted by Crippen LogP contribution is 2.26. The van der Waals surface area contributed by atoms with Gasteiger partial charge in [-0.1, -0.05) is 0 Å². The zero-order valence-corrected chi connectivity index (χ0v) is 18.8. The molecule has 4 heterocycles. The molecule has 2 aliphatic heterocycles. The number of aliphatic hydroxyl groups is 1. The summed E-state index contributed by atoms with van der Waals surface area (Å²) in [4.78, 5) is 37.1. The van der Waals surface area contributed by atoms with E-state index in [0.717, 1.165) is 57.3 Å². The Kier molecular flexibility index (Phi) is 7.01. The zero-order valence-electron chi connectivity index (χ0n) is 18.8. The normalized spacial score (nSPS) is 23.1. The number of carbonyl (C=O) groups is 1. The van der Waals surface area contributed by atoms with Crippen molar-refractivity contribution in [2.24, 2.45) is 5.92 Å². The molecule has 1 unspecified atom stereocenters. The van der Waals surface area contributed by atoms with Crippen molar-refractivity contribution >= 4 is 5.91 Å². The number of likely N-dealkylation sites (tertiary alicyclic amines) is 2. The van der Waals surface area contributed by atoms with Crippen molar-refractivity contribution in [3.63, 3.8) is 0 Å². The summed E-state index contributed by atoms with van der Waals surface area (Å²) in [5.41, 5.74) is 0.603. The number of carbonyl (C=O) groups excluding carboxylic acids is 1. The molecule has 0 spiro atoms. The first kappa shape index (κ1) is 22.6. The number of nitrogens with zero attached hydrogens (tertiary/aromatic N) is 5. The fourth-order valence-corrected chi connectivity index (χ4v) is 4.92. The van der Waals surface area contributed by atoms with Gasteiger partial charge in [0.2, 0.25) is 5.91 Å². The molecule has 8 nitrogen and oxygen atoms in total. The lowest BCUT2D eigenvalue weighted by molar-refractivity contribution is -0.132. The average molecular weight is 440 g/mol. The standard InChI is InChI=1S/C24H33N5O3/c1-19(30)28-10-3-2-8-24(32,17-28)16-27-11-6-20(7-12-27)15-29-18-26-22(13-23(29)31)21-5-4-9-25-14-21/h4-5,9,13-14,18,20,32H,2-3,6-8,10-12,15-17H2,1H3. The summed E-state index contributed by atoms with van der Waals surface area (Å²) in [5, 5.41) is 11.2. The summed E-state index contributed by atoms with van der Waals surface area (Å²) >= 11 is 0. The number of piperidine rings is 1. The van der Waals surface area contributed by atoms with E-state index in [2.05, 4.69) is 14.9 Å². The van der Waals surface area contributed by atoms with Crippen molar-refractivity contribution in [3.05, 3.63) is 47.3 Å². The first-order valence-electron chi connectivity index (χ1n) is 11.6. The highest BCUT2D eigenvalue weighted by atomic mass is 16.3. The van der Waals surface area contributed by atoms with Gasteiger partial charge in [-0.25, -0.2) is 4.98 Å². The van der Waals surface area contributed by atoms with Crippen molar-refractivity contribution < 1.29 is 9.90 Å². The fraction of sp³-hybridized carbons (Fsp3) is 0.583. The molecule has 172 valence electrons. The summed E-state index contributed by atoms with van der Waals surface area (Å²) in [6.45, 7) is 5.79. The summed E-state index contributed by atoms with van der Waals surface area (Å²) < 4.78 is 1.70. The largest absolute Gasteiger partial charge is 0.387 e. The van der Waals surface area contributed by atoms with Crippen LogP contribution in [0.25, 0.3) is 11.3 Å². The lowest BCUT2D eigenvalue weighted by Crippen LogP contribution is -2.52. The Morgan fingerprint density at radius 3 is 2.75 bits per heavy atom. The van der Waals surface area contributed by atoms with Crippen molar-refractivity contribution in [1.82, 2.24) is 24.3 Å². The molecule has 4 rings (SSSR count). The molecule has 2 aliphatic rings. The monoisotopic (exact) mass is 439 g/mol. The van der Waals surface area contributed by atoms with Gasteiger partial charge in [-0.3, -0.25) is 19.1 Å². The second-order valence-electron chi connectivity index (χ2n) is 9.35. The van der Waals surface area contributed by atoms with E-state index < -0.39 is 5.60 Å². The van der Waals surface area contributed by atoms with Gasteiger partial charge < -0.3 is 14.9 Å². The summed E-state index contributed by atoms with van der Waals surface area (Å²) in [6, 6.07) is 5.31. The van der Waals surface area contributed by atoms with E-state index in [0.29, 0.717) is 31.2 Å². The first-order valence-corrected chi connectivity index (χ1v) is 11.6. The Labute approximate surface area is 188 Å². The van der Waals surface area contributed by atoms with Crippen LogP contribution in [0.3, 0.4) is 0 Å². The van der Waals surface area contributed by atoms with Crippen LogP contribution in [0.5, 0.6) is 0 Å². The Balaban J connectivity index is 1.31. The van der Waals surface area contributed by atoms with Crippen LogP contribution in [0.4, 0.5) is 0 Å². The maximum Gasteiger partial charge on any atom is 0.253 e. The van der Waals surface area contributed by atoms with Gasteiger partial charge in [0.05, 0.1) is 24.2 Å². The second kappa shape index (κ2) is 9.92. The number of aromatic nitrogens is 3. The molecule has 1 atom stereocenters. The third-order valence-corrected chi connectivity index (χ3v) is 6.77. The molecule has 1 N–H and O–H groups in total. The molecule has 2 fully saturated rings. The van der Waals surface area contributed by atoms with E-state index in [1.807, 2.05) is 12.1 Å². The molecular formula is C24H33N5O3. The molecule has 0 aliphatic carbocycles. The van der Waals surface area contributed by atoms with Crippen molar-refractivity contribution in [3.8, 4) is 11.3 Å². The number of hydrogen-bond acceptors (Lipinski definition) is 6. The van der Waals surface area contributed by atoms with Crippen molar-refractivity contribution in [2.45, 2.75) is 51.2 Å². The topological polar surface area (TPSA) is 91.6 Å². The summed E-state index contributed by atoms with van der Waals surface area (Å²) in [5.74, 6) is 0.449. The highest BCUT2D eigenvalue weighted by molar-refractivity contribution is 5.73. The molecule has 32 heavy (non-hydrogen) atoms. The van der Waals surface area contributed by atoms with Gasteiger partial charge in [0.15, 0.2) is 0 Å². The Morgan fingerprint density at radius 1 is 1.25 bits per heavy atom. The van der Waals surface area contributed by atoms with Crippen LogP contribution in [0.15, 0.2) is 41.7 Å². The van der Waals surface area contributed by atoms with Crippen LogP contribution in [0.1, 0.15) is 39.0 Å². The van der Waals surface area contributed by atoms with Gasteiger partial charge in [-0.2, -0.15) is 0 Å². The lowest BCUT2D eigenvalue weighted by Gasteiger charge is -2.39. The minimum Gasteiger partial charge on any atom is -0.387 e. The number of hydrogen-bond donors (Lipinski definition) is 1. The fourth-order valence-electron chi connectivity index (χ4n) is 4.92. The minimum atomic E-state index is -0.835. The summed E-state index contributed by atoms with van der Waals surface area (Å²) in [7, 11) is 0. The molecule has 0 bridgehead atoms. The highest BCUT2D eigenvalue weighted by Gasteiger charge is 2.35. The average Bonchev–Trinajstić information content (AvgIpc) is 2.99. The Morgan fingerprint density at radius 2 is 2.06 bits per heavy atom. The number of rotatable bonds is 5. The maximum absolute atomic E-state index is 12.6. The number of pyridine rings is 1. The molecule has 2 aromatic heterocycles. The van der Waals surface area contributed by atoms with E-state index in [9.17, 15) is 14.7 Å². The second-order valence-corrected chi connectivity index (χ2v) is 9.35. The van der Waals surface area contributed by atoms with Gasteiger partial charge in [-0.15, -0.1) is 0 Å². The van der Waals surface area contributed by atoms with Gasteiger partial charge in [-0.05, 0) is 63.2 Å². The predicted molar refractivity (Wildman–Crippen MR) is 122 cm³/mol. The lowest BCUT2D eigenvalue weighted by atomic mass is 9.92. The van der Waals surface area contributed by atoms with Gasteiger partial charge >= 0.3 is 0 Å². The van der Waals surface area contributed by atoms with Crippen LogP contribution in [-0.4, -0.2) is 73.7 Å². The third-order valence-electron chi connectivity index (χ3n) is 6.77. The van der Waals surface area contributed by atoms with Crippen LogP contribution in [-0.2, 0) is 11.3 Å². The smallest absolute Gasteiger partial charge is 0.253 e. The molecule has 1 amide bonds. The van der Waals surface area contributed by atoms with E-state index >= 15 is 0 Å². The van der Waals surface area contributed by atoms with Crippen LogP contribution < -0.4 is 5.56 Å². The molecule has 0 aromatic carbocycles. The molecule has 8 heteroatoms. The van der Waals surface area contributed by atoms with Crippen molar-refractivity contribution in [1.29, 1.82) is 0 Å². The van der Waals surface area contributed by atoms with Gasteiger partial charge in [0.25, 0.3) is 5.56 Å². The zero-order chi connectivity index (χ0) is 22.6. The van der Waals surface area contributed by atoms with Crippen molar-refractivity contribution in [2.75, 3.05) is 32.7 Å². The predicted octanol–water partition coefficient (Wildman–Crippen LogP) is 1.78. The van der Waals surface area contributed by atoms with Gasteiger partial charge in [0, 0.05) is 50.6 Å². The van der Waals surface area contributed by atoms with Gasteiger partial charge in [0.1, 0.15) is 0 Å². The quantitative estimate of drug-likeness (QED) is 0.764. The molecule has 2 saturated heterocycles. The molecule has 0 saturated carbocycles. The molecule has 2 aromatic rings. The van der Waals surface area contributed by atoms with E-state index in [4.69, 9.17) is 0 Å². The van der Waals surface area contributed by atoms with E-state index in [1.54, 1.807) is 41.2 Å². The molecular weight excluding hydrogens is 406 g/mol. The summed E-state index contributed by atoms with van der Waals surface area (Å²) in [6.07, 6.45) is 9.63. The SMILES string of the molecule is CC(=O)N1CCCCC(O)(CN2CCC(Cn3cnc(-c4cccnc4)cc3=O)CC2)C1. The van der Waals surface area contributed by atoms with Crippen LogP contribution >= 0.6 is 0 Å².